The Bertz CT molecular complexity index is 759. The molecule has 0 spiro atoms. The van der Waals surface area contributed by atoms with Gasteiger partial charge in [0.1, 0.15) is 6.04 Å². The summed E-state index contributed by atoms with van der Waals surface area (Å²) in [6.45, 7) is 0.489. The summed E-state index contributed by atoms with van der Waals surface area (Å²) in [7, 11) is 0. The van der Waals surface area contributed by atoms with Crippen LogP contribution >= 0.6 is 15.9 Å². The number of nitrogens with zero attached hydrogens (tertiary/aromatic N) is 2. The van der Waals surface area contributed by atoms with Crippen molar-refractivity contribution in [2.24, 2.45) is 5.18 Å². The zero-order valence-corrected chi connectivity index (χ0v) is 13.9. The van der Waals surface area contributed by atoms with Crippen LogP contribution in [-0.4, -0.2) is 12.5 Å². The number of benzene rings is 2. The lowest BCUT2D eigenvalue weighted by atomic mass is 9.97. The molecule has 0 saturated carbocycles. The monoisotopic (exact) mass is 370 g/mol. The van der Waals surface area contributed by atoms with Crippen LogP contribution in [0.4, 0.5) is 5.69 Å². The Hall–Kier alpha value is -2.27. The molecule has 0 saturated heterocycles. The number of halogens is 1. The van der Waals surface area contributed by atoms with Crippen LogP contribution < -0.4 is 4.90 Å². The van der Waals surface area contributed by atoms with E-state index in [1.165, 1.54) is 0 Å². The summed E-state index contributed by atoms with van der Waals surface area (Å²) in [5, 5.41) is 3.19. The first kappa shape index (κ1) is 15.6. The summed E-state index contributed by atoms with van der Waals surface area (Å²) < 4.78 is 0.874. The first-order valence-electron chi connectivity index (χ1n) is 7.35. The molecule has 0 aromatic heterocycles. The van der Waals surface area contributed by atoms with Gasteiger partial charge in [-0.05, 0) is 36.3 Å². The molecule has 116 valence electrons. The van der Waals surface area contributed by atoms with Gasteiger partial charge in [-0.2, -0.15) is 4.91 Å². The van der Waals surface area contributed by atoms with E-state index in [4.69, 9.17) is 0 Å². The minimum atomic E-state index is -0.398. The van der Waals surface area contributed by atoms with Crippen molar-refractivity contribution in [1.82, 2.24) is 0 Å². The van der Waals surface area contributed by atoms with Crippen molar-refractivity contribution in [2.45, 2.75) is 12.5 Å². The molecule has 2 aromatic carbocycles. The Balaban J connectivity index is 1.87. The molecule has 0 aliphatic carbocycles. The number of carbonyl (C=O) groups excluding carboxylic acids is 1. The first-order chi connectivity index (χ1) is 11.2. The van der Waals surface area contributed by atoms with Crippen molar-refractivity contribution in [1.29, 1.82) is 0 Å². The normalized spacial score (nSPS) is 17.1. The van der Waals surface area contributed by atoms with Gasteiger partial charge in [-0.15, -0.1) is 0 Å². The molecule has 1 unspecified atom stereocenters. The summed E-state index contributed by atoms with van der Waals surface area (Å²) in [6.07, 6.45) is 3.90. The maximum Gasteiger partial charge on any atom is 0.251 e. The summed E-state index contributed by atoms with van der Waals surface area (Å²) in [4.78, 5) is 25.3. The lowest BCUT2D eigenvalue weighted by Crippen LogP contribution is -2.35. The van der Waals surface area contributed by atoms with E-state index < -0.39 is 6.04 Å². The highest BCUT2D eigenvalue weighted by Crippen LogP contribution is 2.37. The molecule has 0 N–H and O–H groups in total. The molecule has 1 atom stereocenters. The van der Waals surface area contributed by atoms with Crippen LogP contribution in [0.1, 0.15) is 23.6 Å². The van der Waals surface area contributed by atoms with Crippen LogP contribution in [0.5, 0.6) is 0 Å². The van der Waals surface area contributed by atoms with Crippen molar-refractivity contribution < 1.29 is 4.79 Å². The minimum Gasteiger partial charge on any atom is -0.308 e. The van der Waals surface area contributed by atoms with E-state index in [1.54, 1.807) is 17.1 Å². The molecule has 0 bridgehead atoms. The van der Waals surface area contributed by atoms with Crippen LogP contribution in [0.2, 0.25) is 0 Å². The smallest absolute Gasteiger partial charge is 0.251 e. The fourth-order valence-corrected chi connectivity index (χ4v) is 3.10. The average molecular weight is 371 g/mol. The van der Waals surface area contributed by atoms with E-state index in [0.717, 1.165) is 21.3 Å². The van der Waals surface area contributed by atoms with E-state index in [0.29, 0.717) is 13.0 Å². The summed E-state index contributed by atoms with van der Waals surface area (Å²) >= 11 is 3.40. The van der Waals surface area contributed by atoms with Gasteiger partial charge in [0.25, 0.3) is 5.91 Å². The second-order valence-corrected chi connectivity index (χ2v) is 6.26. The van der Waals surface area contributed by atoms with E-state index in [9.17, 15) is 9.70 Å². The molecule has 1 amide bonds. The lowest BCUT2D eigenvalue weighted by molar-refractivity contribution is -0.114. The fraction of sp³-hybridized carbons (Fsp3) is 0.167. The number of fused-ring (bicyclic) bond motifs is 1. The van der Waals surface area contributed by atoms with Crippen molar-refractivity contribution in [3.8, 4) is 0 Å². The highest BCUT2D eigenvalue weighted by Gasteiger charge is 2.28. The van der Waals surface area contributed by atoms with Crippen LogP contribution in [0.15, 0.2) is 64.3 Å². The number of carbonyl (C=O) groups is 1. The van der Waals surface area contributed by atoms with Gasteiger partial charge in [-0.3, -0.25) is 4.79 Å². The standard InChI is InChI=1S/C18H15BrN2O2/c19-14-7-8-17-15(12-14)16(20-23)10-11-21(17)18(22)9-6-13-4-2-1-3-5-13/h1-9,12,16H,10-11H2. The van der Waals surface area contributed by atoms with Crippen LogP contribution in [-0.2, 0) is 4.79 Å². The van der Waals surface area contributed by atoms with Gasteiger partial charge in [0.2, 0.25) is 0 Å². The minimum absolute atomic E-state index is 0.0956. The zero-order valence-electron chi connectivity index (χ0n) is 12.4. The molecule has 1 aliphatic rings. The van der Waals surface area contributed by atoms with Gasteiger partial charge in [0, 0.05) is 28.3 Å². The molecule has 3 rings (SSSR count). The SMILES string of the molecule is O=NC1CCN(C(=O)C=Cc2ccccc2)c2ccc(Br)cc21. The Morgan fingerprint density at radius 2 is 2.00 bits per heavy atom. The lowest BCUT2D eigenvalue weighted by Gasteiger charge is -2.31. The summed E-state index contributed by atoms with van der Waals surface area (Å²) in [5.41, 5.74) is 2.52. The number of amides is 1. The molecule has 4 nitrogen and oxygen atoms in total. The maximum absolute atomic E-state index is 12.5. The second-order valence-electron chi connectivity index (χ2n) is 5.35. The molecule has 1 aliphatic heterocycles. The number of hydrogen-bond acceptors (Lipinski definition) is 3. The highest BCUT2D eigenvalue weighted by molar-refractivity contribution is 9.10. The van der Waals surface area contributed by atoms with Gasteiger partial charge >= 0.3 is 0 Å². The van der Waals surface area contributed by atoms with Gasteiger partial charge < -0.3 is 4.90 Å². The van der Waals surface area contributed by atoms with Crippen LogP contribution in [0.25, 0.3) is 6.08 Å². The number of hydrogen-bond donors (Lipinski definition) is 0. The number of nitroso groups, excluding NO2 is 1. The Labute approximate surface area is 142 Å². The molecule has 23 heavy (non-hydrogen) atoms. The third-order valence-corrected chi connectivity index (χ3v) is 4.37. The Kier molecular flexibility index (Phi) is 4.67. The van der Waals surface area contributed by atoms with E-state index in [1.807, 2.05) is 48.5 Å². The largest absolute Gasteiger partial charge is 0.308 e. The Morgan fingerprint density at radius 3 is 2.74 bits per heavy atom. The third kappa shape index (κ3) is 3.40. The van der Waals surface area contributed by atoms with Gasteiger partial charge in [0.15, 0.2) is 0 Å². The van der Waals surface area contributed by atoms with E-state index >= 15 is 0 Å². The quantitative estimate of drug-likeness (QED) is 0.580. The van der Waals surface area contributed by atoms with Crippen LogP contribution in [0.3, 0.4) is 0 Å². The van der Waals surface area contributed by atoms with Crippen molar-refractivity contribution >= 4 is 33.6 Å². The second kappa shape index (κ2) is 6.87. The van der Waals surface area contributed by atoms with Crippen LogP contribution in [0, 0.1) is 4.91 Å². The van der Waals surface area contributed by atoms with Crippen molar-refractivity contribution in [3.05, 3.63) is 75.1 Å². The predicted molar refractivity (Wildman–Crippen MR) is 95.1 cm³/mol. The number of anilines is 1. The molecule has 2 aromatic rings. The van der Waals surface area contributed by atoms with Crippen molar-refractivity contribution in [2.75, 3.05) is 11.4 Å². The first-order valence-corrected chi connectivity index (χ1v) is 8.15. The van der Waals surface area contributed by atoms with E-state index in [-0.39, 0.29) is 5.91 Å². The molecule has 0 fully saturated rings. The molecular formula is C18H15BrN2O2. The highest BCUT2D eigenvalue weighted by atomic mass is 79.9. The van der Waals surface area contributed by atoms with Crippen molar-refractivity contribution in [3.63, 3.8) is 0 Å². The average Bonchev–Trinajstić information content (AvgIpc) is 2.59. The summed E-state index contributed by atoms with van der Waals surface area (Å²) in [5.74, 6) is -0.0956. The van der Waals surface area contributed by atoms with Gasteiger partial charge in [-0.1, -0.05) is 51.4 Å². The molecule has 5 heteroatoms. The summed E-state index contributed by atoms with van der Waals surface area (Å²) in [6, 6.07) is 14.9. The molecular weight excluding hydrogens is 356 g/mol. The van der Waals surface area contributed by atoms with E-state index in [2.05, 4.69) is 21.1 Å². The topological polar surface area (TPSA) is 49.7 Å². The fourth-order valence-electron chi connectivity index (χ4n) is 2.73. The number of rotatable bonds is 3. The third-order valence-electron chi connectivity index (χ3n) is 3.88. The molecule has 1 heterocycles. The molecule has 0 radical (unpaired) electrons. The zero-order chi connectivity index (χ0) is 16.2. The maximum atomic E-state index is 12.5. The van der Waals surface area contributed by atoms with Gasteiger partial charge in [0.05, 0.1) is 0 Å². The predicted octanol–water partition coefficient (Wildman–Crippen LogP) is 4.71. The Morgan fingerprint density at radius 1 is 1.22 bits per heavy atom. The van der Waals surface area contributed by atoms with Gasteiger partial charge in [-0.25, -0.2) is 0 Å².